The molecule has 8 nitrogen and oxygen atoms in total. The van der Waals surface area contributed by atoms with Crippen molar-refractivity contribution in [1.82, 2.24) is 24.7 Å². The summed E-state index contributed by atoms with van der Waals surface area (Å²) in [6.07, 6.45) is 5.98. The molecule has 1 amide bonds. The van der Waals surface area contributed by atoms with E-state index < -0.39 is 5.60 Å². The SMILES string of the molecule is CCCCc1nn(CC(=O)N[C@H]2C[C@@](C)(O)C2)c(=O)c2cc(C3CC3)nn12. The maximum absolute atomic E-state index is 12.8. The van der Waals surface area contributed by atoms with Gasteiger partial charge in [-0.05, 0) is 45.1 Å². The molecule has 0 atom stereocenters. The topological polar surface area (TPSA) is 102 Å². The summed E-state index contributed by atoms with van der Waals surface area (Å²) in [5, 5.41) is 21.7. The van der Waals surface area contributed by atoms with Crippen molar-refractivity contribution < 1.29 is 9.90 Å². The van der Waals surface area contributed by atoms with Gasteiger partial charge in [0, 0.05) is 18.4 Å². The van der Waals surface area contributed by atoms with Crippen molar-refractivity contribution in [2.75, 3.05) is 0 Å². The highest BCUT2D eigenvalue weighted by atomic mass is 16.3. The molecule has 0 spiro atoms. The lowest BCUT2D eigenvalue weighted by molar-refractivity contribution is -0.125. The van der Waals surface area contributed by atoms with E-state index >= 15 is 0 Å². The molecule has 2 saturated carbocycles. The summed E-state index contributed by atoms with van der Waals surface area (Å²) in [6.45, 7) is 3.75. The zero-order chi connectivity index (χ0) is 19.2. The van der Waals surface area contributed by atoms with Gasteiger partial charge in [-0.15, -0.1) is 0 Å². The molecule has 2 aliphatic rings. The molecule has 0 aliphatic heterocycles. The van der Waals surface area contributed by atoms with Crippen LogP contribution in [-0.2, 0) is 17.8 Å². The summed E-state index contributed by atoms with van der Waals surface area (Å²) in [7, 11) is 0. The first-order chi connectivity index (χ1) is 12.9. The highest BCUT2D eigenvalue weighted by Crippen LogP contribution is 2.39. The average Bonchev–Trinajstić information content (AvgIpc) is 3.33. The Morgan fingerprint density at radius 2 is 2.11 bits per heavy atom. The summed E-state index contributed by atoms with van der Waals surface area (Å²) < 4.78 is 2.92. The number of carbonyl (C=O) groups excluding carboxylic acids is 1. The molecule has 0 radical (unpaired) electrons. The minimum Gasteiger partial charge on any atom is -0.390 e. The molecule has 2 N–H and O–H groups in total. The van der Waals surface area contributed by atoms with Gasteiger partial charge in [0.05, 0.1) is 11.3 Å². The molecule has 8 heteroatoms. The molecule has 0 bridgehead atoms. The van der Waals surface area contributed by atoms with Crippen LogP contribution in [0.5, 0.6) is 0 Å². The Labute approximate surface area is 157 Å². The lowest BCUT2D eigenvalue weighted by Crippen LogP contribution is -2.54. The molecule has 2 fully saturated rings. The van der Waals surface area contributed by atoms with Crippen LogP contribution in [0.25, 0.3) is 5.52 Å². The van der Waals surface area contributed by atoms with Crippen LogP contribution in [0.3, 0.4) is 0 Å². The minimum absolute atomic E-state index is 0.0390. The van der Waals surface area contributed by atoms with Gasteiger partial charge in [0.1, 0.15) is 12.1 Å². The van der Waals surface area contributed by atoms with Crippen molar-refractivity contribution in [2.45, 2.75) is 82.9 Å². The Kier molecular flexibility index (Phi) is 4.53. The molecular weight excluding hydrogens is 346 g/mol. The van der Waals surface area contributed by atoms with Crippen molar-refractivity contribution in [3.8, 4) is 0 Å². The van der Waals surface area contributed by atoms with Crippen LogP contribution in [0.15, 0.2) is 10.9 Å². The number of carbonyl (C=O) groups is 1. The maximum atomic E-state index is 12.8. The fourth-order valence-electron chi connectivity index (χ4n) is 3.80. The first-order valence-electron chi connectivity index (χ1n) is 9.88. The Morgan fingerprint density at radius 1 is 1.37 bits per heavy atom. The van der Waals surface area contributed by atoms with E-state index in [9.17, 15) is 14.7 Å². The summed E-state index contributed by atoms with van der Waals surface area (Å²) in [5.74, 6) is 0.919. The van der Waals surface area contributed by atoms with Crippen molar-refractivity contribution in [3.63, 3.8) is 0 Å². The quantitative estimate of drug-likeness (QED) is 0.758. The van der Waals surface area contributed by atoms with E-state index in [0.29, 0.717) is 30.7 Å². The third-order valence-corrected chi connectivity index (χ3v) is 5.44. The zero-order valence-electron chi connectivity index (χ0n) is 15.9. The fraction of sp³-hybridized carbons (Fsp3) is 0.684. The van der Waals surface area contributed by atoms with E-state index in [2.05, 4.69) is 22.4 Å². The number of aromatic nitrogens is 4. The maximum Gasteiger partial charge on any atom is 0.293 e. The number of nitrogens with one attached hydrogen (secondary N) is 1. The summed E-state index contributed by atoms with van der Waals surface area (Å²) in [6, 6.07) is 1.82. The molecule has 0 unspecified atom stereocenters. The third-order valence-electron chi connectivity index (χ3n) is 5.44. The van der Waals surface area contributed by atoms with Gasteiger partial charge in [-0.2, -0.15) is 10.2 Å². The lowest BCUT2D eigenvalue weighted by Gasteiger charge is -2.41. The largest absolute Gasteiger partial charge is 0.390 e. The van der Waals surface area contributed by atoms with Gasteiger partial charge in [0.25, 0.3) is 5.56 Å². The van der Waals surface area contributed by atoms with Gasteiger partial charge < -0.3 is 10.4 Å². The smallest absolute Gasteiger partial charge is 0.293 e. The van der Waals surface area contributed by atoms with Crippen LogP contribution in [0, 0.1) is 0 Å². The van der Waals surface area contributed by atoms with Crippen molar-refractivity contribution >= 4 is 11.4 Å². The number of amides is 1. The first kappa shape index (κ1) is 18.2. The Bertz CT molecular complexity index is 917. The van der Waals surface area contributed by atoms with Gasteiger partial charge in [-0.25, -0.2) is 9.20 Å². The van der Waals surface area contributed by atoms with E-state index in [1.54, 1.807) is 11.4 Å². The fourth-order valence-corrected chi connectivity index (χ4v) is 3.80. The molecular formula is C19H27N5O3. The molecule has 0 aromatic carbocycles. The number of fused-ring (bicyclic) bond motifs is 1. The number of hydrogen-bond donors (Lipinski definition) is 2. The van der Waals surface area contributed by atoms with Crippen molar-refractivity contribution in [1.29, 1.82) is 0 Å². The molecule has 27 heavy (non-hydrogen) atoms. The lowest BCUT2D eigenvalue weighted by atomic mass is 9.77. The monoisotopic (exact) mass is 373 g/mol. The van der Waals surface area contributed by atoms with E-state index in [4.69, 9.17) is 0 Å². The second-order valence-electron chi connectivity index (χ2n) is 8.29. The van der Waals surface area contributed by atoms with Crippen LogP contribution in [-0.4, -0.2) is 42.1 Å². The number of hydrogen-bond acceptors (Lipinski definition) is 5. The Hall–Kier alpha value is -2.22. The van der Waals surface area contributed by atoms with Gasteiger partial charge in [0.2, 0.25) is 5.91 Å². The van der Waals surface area contributed by atoms with E-state index in [1.807, 2.05) is 6.07 Å². The number of aliphatic hydroxyl groups is 1. The molecule has 2 aromatic heterocycles. The van der Waals surface area contributed by atoms with Crippen LogP contribution < -0.4 is 10.9 Å². The van der Waals surface area contributed by atoms with Crippen LogP contribution >= 0.6 is 0 Å². The highest BCUT2D eigenvalue weighted by Gasteiger charge is 2.39. The Morgan fingerprint density at radius 3 is 2.74 bits per heavy atom. The molecule has 2 aromatic rings. The predicted octanol–water partition coefficient (Wildman–Crippen LogP) is 1.14. The molecule has 0 saturated heterocycles. The summed E-state index contributed by atoms with van der Waals surface area (Å²) in [4.78, 5) is 25.2. The summed E-state index contributed by atoms with van der Waals surface area (Å²) >= 11 is 0. The Balaban J connectivity index is 1.58. The number of unbranched alkanes of at least 4 members (excludes halogenated alkanes) is 1. The first-order valence-corrected chi connectivity index (χ1v) is 9.88. The van der Waals surface area contributed by atoms with Gasteiger partial charge in [0.15, 0.2) is 5.82 Å². The molecule has 4 rings (SSSR count). The van der Waals surface area contributed by atoms with Crippen LogP contribution in [0.1, 0.15) is 69.8 Å². The van der Waals surface area contributed by atoms with Crippen LogP contribution in [0.4, 0.5) is 0 Å². The van der Waals surface area contributed by atoms with E-state index in [0.717, 1.165) is 37.2 Å². The number of rotatable bonds is 7. The van der Waals surface area contributed by atoms with Crippen molar-refractivity contribution in [2.24, 2.45) is 0 Å². The second kappa shape index (κ2) is 6.74. The standard InChI is InChI=1S/C19H27N5O3/c1-3-4-5-16-22-23(11-17(25)20-13-9-19(2,27)10-13)18(26)15-8-14(12-6-7-12)21-24(15)16/h8,12-13,27H,3-7,9-11H2,1-2H3,(H,20,25)/t13-,19+. The molecule has 2 aliphatic carbocycles. The average molecular weight is 373 g/mol. The molecule has 146 valence electrons. The zero-order valence-corrected chi connectivity index (χ0v) is 15.9. The number of nitrogens with zero attached hydrogens (tertiary/aromatic N) is 4. The number of aryl methyl sites for hydroxylation is 1. The minimum atomic E-state index is -0.698. The van der Waals surface area contributed by atoms with Gasteiger partial charge >= 0.3 is 0 Å². The van der Waals surface area contributed by atoms with Crippen LogP contribution in [0.2, 0.25) is 0 Å². The van der Waals surface area contributed by atoms with Gasteiger partial charge in [-0.3, -0.25) is 9.59 Å². The van der Waals surface area contributed by atoms with E-state index in [-0.39, 0.29) is 24.1 Å². The normalized spacial score (nSPS) is 24.8. The second-order valence-corrected chi connectivity index (χ2v) is 8.29. The molecule has 2 heterocycles. The predicted molar refractivity (Wildman–Crippen MR) is 99.6 cm³/mol. The third kappa shape index (κ3) is 3.76. The highest BCUT2D eigenvalue weighted by molar-refractivity contribution is 5.76. The van der Waals surface area contributed by atoms with Crippen molar-refractivity contribution in [3.05, 3.63) is 27.9 Å². The summed E-state index contributed by atoms with van der Waals surface area (Å²) in [5.41, 5.74) is 0.462. The van der Waals surface area contributed by atoms with E-state index in [1.165, 1.54) is 4.68 Å². The van der Waals surface area contributed by atoms with Gasteiger partial charge in [-0.1, -0.05) is 13.3 Å².